The number of rotatable bonds is 4. The maximum Gasteiger partial charge on any atom is 0.228 e. The molecule has 1 saturated carbocycles. The zero-order valence-corrected chi connectivity index (χ0v) is 13.8. The predicted octanol–water partition coefficient (Wildman–Crippen LogP) is 3.17. The van der Waals surface area contributed by atoms with Gasteiger partial charge in [-0.25, -0.2) is 8.78 Å². The first-order valence-corrected chi connectivity index (χ1v) is 8.66. The Morgan fingerprint density at radius 1 is 1.20 bits per heavy atom. The van der Waals surface area contributed by atoms with Crippen LogP contribution in [0.1, 0.15) is 25.7 Å². The van der Waals surface area contributed by atoms with Crippen LogP contribution in [-0.2, 0) is 4.79 Å². The fraction of sp³-hybridized carbons (Fsp3) is 0.444. The number of aromatic amines is 1. The van der Waals surface area contributed by atoms with Gasteiger partial charge in [-0.05, 0) is 50.9 Å². The second-order valence-electron chi connectivity index (χ2n) is 6.80. The van der Waals surface area contributed by atoms with Gasteiger partial charge < -0.3 is 10.2 Å². The zero-order valence-electron chi connectivity index (χ0n) is 13.8. The lowest BCUT2D eigenvalue weighted by molar-refractivity contribution is -0.121. The number of benzene rings is 1. The first-order valence-electron chi connectivity index (χ1n) is 8.66. The van der Waals surface area contributed by atoms with E-state index in [0.29, 0.717) is 11.5 Å². The van der Waals surface area contributed by atoms with Crippen LogP contribution in [0.25, 0.3) is 11.3 Å². The number of aromatic nitrogens is 2. The van der Waals surface area contributed by atoms with E-state index in [1.807, 2.05) is 0 Å². The lowest BCUT2D eigenvalue weighted by Gasteiger charge is -2.31. The number of carbonyl (C=O) groups excluding carboxylic acids is 1. The average Bonchev–Trinajstić information content (AvgIpc) is 3.37. The van der Waals surface area contributed by atoms with Gasteiger partial charge in [0.15, 0.2) is 17.5 Å². The van der Waals surface area contributed by atoms with Gasteiger partial charge in [-0.15, -0.1) is 0 Å². The first-order chi connectivity index (χ1) is 12.1. The van der Waals surface area contributed by atoms with Crippen molar-refractivity contribution >= 4 is 11.7 Å². The Balaban J connectivity index is 1.39. The Morgan fingerprint density at radius 3 is 2.68 bits per heavy atom. The van der Waals surface area contributed by atoms with E-state index in [-0.39, 0.29) is 17.4 Å². The molecular formula is C18H20F2N4O. The van der Waals surface area contributed by atoms with E-state index in [9.17, 15) is 13.6 Å². The van der Waals surface area contributed by atoms with Gasteiger partial charge >= 0.3 is 0 Å². The van der Waals surface area contributed by atoms with Crippen LogP contribution in [-0.4, -0.2) is 40.1 Å². The summed E-state index contributed by atoms with van der Waals surface area (Å²) in [4.78, 5) is 14.9. The highest BCUT2D eigenvalue weighted by molar-refractivity contribution is 5.92. The van der Waals surface area contributed by atoms with Crippen molar-refractivity contribution in [1.29, 1.82) is 0 Å². The number of hydrogen-bond donors (Lipinski definition) is 2. The number of halogens is 2. The fourth-order valence-electron chi connectivity index (χ4n) is 3.43. The Hall–Kier alpha value is -2.28. The number of piperidine rings is 1. The van der Waals surface area contributed by atoms with Crippen LogP contribution in [0.3, 0.4) is 0 Å². The highest BCUT2D eigenvalue weighted by Crippen LogP contribution is 2.31. The van der Waals surface area contributed by atoms with Crippen molar-refractivity contribution in [2.24, 2.45) is 5.92 Å². The minimum atomic E-state index is -0.934. The number of likely N-dealkylation sites (tertiary alicyclic amines) is 1. The van der Waals surface area contributed by atoms with Gasteiger partial charge in [-0.1, -0.05) is 6.07 Å². The molecule has 1 aliphatic carbocycles. The van der Waals surface area contributed by atoms with Crippen LogP contribution in [0, 0.1) is 17.6 Å². The summed E-state index contributed by atoms with van der Waals surface area (Å²) < 4.78 is 27.2. The number of nitrogens with zero attached hydrogens (tertiary/aromatic N) is 2. The number of hydrogen-bond acceptors (Lipinski definition) is 3. The third-order valence-electron chi connectivity index (χ3n) is 5.03. The van der Waals surface area contributed by atoms with E-state index in [2.05, 4.69) is 20.4 Å². The monoisotopic (exact) mass is 346 g/mol. The van der Waals surface area contributed by atoms with E-state index in [1.165, 1.54) is 31.0 Å². The first kappa shape index (κ1) is 16.2. The van der Waals surface area contributed by atoms with Crippen molar-refractivity contribution in [2.45, 2.75) is 31.7 Å². The summed E-state index contributed by atoms with van der Waals surface area (Å²) in [6.07, 6.45) is 4.25. The fourth-order valence-corrected chi connectivity index (χ4v) is 3.43. The van der Waals surface area contributed by atoms with Crippen LogP contribution >= 0.6 is 0 Å². The molecule has 0 radical (unpaired) electrons. The van der Waals surface area contributed by atoms with Crippen molar-refractivity contribution in [2.75, 3.05) is 18.4 Å². The summed E-state index contributed by atoms with van der Waals surface area (Å²) in [6.45, 7) is 1.92. The summed E-state index contributed by atoms with van der Waals surface area (Å²) in [5.74, 6) is -1.61. The second kappa shape index (κ2) is 6.55. The van der Waals surface area contributed by atoms with Gasteiger partial charge in [0.25, 0.3) is 0 Å². The molecule has 1 aliphatic heterocycles. The quantitative estimate of drug-likeness (QED) is 0.894. The molecule has 7 heteroatoms. The molecule has 132 valence electrons. The highest BCUT2D eigenvalue weighted by Gasteiger charge is 2.33. The normalized spacial score (nSPS) is 19.1. The maximum absolute atomic E-state index is 13.8. The predicted molar refractivity (Wildman–Crippen MR) is 89.9 cm³/mol. The zero-order chi connectivity index (χ0) is 17.4. The van der Waals surface area contributed by atoms with Gasteiger partial charge in [0.1, 0.15) is 0 Å². The third-order valence-corrected chi connectivity index (χ3v) is 5.03. The van der Waals surface area contributed by atoms with Crippen LogP contribution in [0.2, 0.25) is 0 Å². The lowest BCUT2D eigenvalue weighted by Crippen LogP contribution is -2.39. The molecule has 0 spiro atoms. The Bertz CT molecular complexity index is 779. The van der Waals surface area contributed by atoms with E-state index >= 15 is 0 Å². The van der Waals surface area contributed by atoms with E-state index in [1.54, 1.807) is 0 Å². The van der Waals surface area contributed by atoms with Crippen molar-refractivity contribution in [3.05, 3.63) is 35.9 Å². The Labute approximate surface area is 144 Å². The van der Waals surface area contributed by atoms with Crippen molar-refractivity contribution in [3.63, 3.8) is 0 Å². The smallest absolute Gasteiger partial charge is 0.228 e. The molecule has 25 heavy (non-hydrogen) atoms. The molecule has 2 heterocycles. The van der Waals surface area contributed by atoms with Crippen molar-refractivity contribution < 1.29 is 13.6 Å². The molecule has 2 fully saturated rings. The molecular weight excluding hydrogens is 326 g/mol. The van der Waals surface area contributed by atoms with Crippen LogP contribution < -0.4 is 5.32 Å². The number of nitrogens with one attached hydrogen (secondary N) is 2. The maximum atomic E-state index is 13.8. The van der Waals surface area contributed by atoms with E-state index in [4.69, 9.17) is 0 Å². The van der Waals surface area contributed by atoms with E-state index in [0.717, 1.165) is 38.0 Å². The van der Waals surface area contributed by atoms with Gasteiger partial charge in [-0.3, -0.25) is 9.89 Å². The van der Waals surface area contributed by atoms with Gasteiger partial charge in [0.05, 0.1) is 5.69 Å². The summed E-state index contributed by atoms with van der Waals surface area (Å²) >= 11 is 0. The van der Waals surface area contributed by atoms with Gasteiger partial charge in [-0.2, -0.15) is 5.10 Å². The molecule has 0 bridgehead atoms. The number of carbonyl (C=O) groups is 1. The Morgan fingerprint density at radius 2 is 1.96 bits per heavy atom. The molecule has 1 aromatic heterocycles. The topological polar surface area (TPSA) is 61.0 Å². The largest absolute Gasteiger partial charge is 0.309 e. The molecule has 1 amide bonds. The SMILES string of the molecule is O=C(Nc1cc(-c2cccc(F)c2F)[nH]n1)C1CCN(C2CC2)CC1. The summed E-state index contributed by atoms with van der Waals surface area (Å²) in [6, 6.07) is 6.21. The Kier molecular flexibility index (Phi) is 4.25. The molecule has 1 saturated heterocycles. The second-order valence-corrected chi connectivity index (χ2v) is 6.80. The summed E-state index contributed by atoms with van der Waals surface area (Å²) in [5.41, 5.74) is 0.418. The summed E-state index contributed by atoms with van der Waals surface area (Å²) in [5, 5.41) is 9.42. The molecule has 5 nitrogen and oxygen atoms in total. The molecule has 2 aliphatic rings. The van der Waals surface area contributed by atoms with Gasteiger partial charge in [0, 0.05) is 23.6 Å². The molecule has 2 aromatic rings. The minimum Gasteiger partial charge on any atom is -0.309 e. The minimum absolute atomic E-state index is 0.0268. The molecule has 1 aromatic carbocycles. The van der Waals surface area contributed by atoms with Gasteiger partial charge in [0.2, 0.25) is 5.91 Å². The van der Waals surface area contributed by atoms with Crippen molar-refractivity contribution in [3.8, 4) is 11.3 Å². The number of amides is 1. The third kappa shape index (κ3) is 3.42. The highest BCUT2D eigenvalue weighted by atomic mass is 19.2. The van der Waals surface area contributed by atoms with Crippen LogP contribution in [0.5, 0.6) is 0 Å². The lowest BCUT2D eigenvalue weighted by atomic mass is 9.96. The van der Waals surface area contributed by atoms with E-state index < -0.39 is 11.6 Å². The van der Waals surface area contributed by atoms with Crippen molar-refractivity contribution in [1.82, 2.24) is 15.1 Å². The molecule has 0 unspecified atom stereocenters. The number of H-pyrrole nitrogens is 1. The standard InChI is InChI=1S/C18H20F2N4O/c19-14-3-1-2-13(17(14)20)15-10-16(23-22-15)21-18(25)11-6-8-24(9-7-11)12-4-5-12/h1-3,10-12H,4-9H2,(H2,21,22,23,25). The average molecular weight is 346 g/mol. The summed E-state index contributed by atoms with van der Waals surface area (Å²) in [7, 11) is 0. The number of anilines is 1. The van der Waals surface area contributed by atoms with Crippen LogP contribution in [0.4, 0.5) is 14.6 Å². The molecule has 0 atom stereocenters. The van der Waals surface area contributed by atoms with Crippen LogP contribution in [0.15, 0.2) is 24.3 Å². The molecule has 2 N–H and O–H groups in total. The molecule has 4 rings (SSSR count).